The van der Waals surface area contributed by atoms with Gasteiger partial charge in [-0.25, -0.2) is 4.39 Å². The van der Waals surface area contributed by atoms with Crippen molar-refractivity contribution in [2.45, 2.75) is 0 Å². The van der Waals surface area contributed by atoms with Crippen molar-refractivity contribution in [1.29, 1.82) is 0 Å². The lowest BCUT2D eigenvalue weighted by Crippen LogP contribution is -2.43. The van der Waals surface area contributed by atoms with Gasteiger partial charge in [-0.05, 0) is 12.1 Å². The van der Waals surface area contributed by atoms with Crippen molar-refractivity contribution < 1.29 is 4.39 Å². The van der Waals surface area contributed by atoms with Gasteiger partial charge in [-0.3, -0.25) is 0 Å². The van der Waals surface area contributed by atoms with Gasteiger partial charge >= 0.3 is 0 Å². The van der Waals surface area contributed by atoms with Gasteiger partial charge in [0.05, 0.1) is 0 Å². The van der Waals surface area contributed by atoms with Gasteiger partial charge in [0.15, 0.2) is 0 Å². The molecule has 2 aromatic rings. The maximum Gasteiger partial charge on any atom is 0.208 e. The van der Waals surface area contributed by atoms with E-state index in [1.165, 1.54) is 23.5 Å². The molecule has 4 nitrogen and oxygen atoms in total. The highest BCUT2D eigenvalue weighted by Crippen LogP contribution is 2.28. The molecule has 3 rings (SSSR count). The van der Waals surface area contributed by atoms with Gasteiger partial charge in [-0.1, -0.05) is 23.5 Å². The number of nitrogens with zero attached hydrogens (tertiary/aromatic N) is 3. The van der Waals surface area contributed by atoms with Gasteiger partial charge in [-0.2, -0.15) is 0 Å². The molecule has 0 spiro atoms. The fourth-order valence-electron chi connectivity index (χ4n) is 1.94. The molecule has 1 aromatic carbocycles. The second kappa shape index (κ2) is 4.99. The Labute approximate surface area is 108 Å². The number of halogens is 1. The van der Waals surface area contributed by atoms with Crippen LogP contribution in [0.4, 0.5) is 9.52 Å². The average Bonchev–Trinajstić information content (AvgIpc) is 2.89. The van der Waals surface area contributed by atoms with Crippen LogP contribution in [-0.4, -0.2) is 36.4 Å². The Morgan fingerprint density at radius 1 is 1.22 bits per heavy atom. The van der Waals surface area contributed by atoms with Crippen molar-refractivity contribution in [3.8, 4) is 10.6 Å². The van der Waals surface area contributed by atoms with E-state index in [2.05, 4.69) is 20.4 Å². The van der Waals surface area contributed by atoms with E-state index in [0.29, 0.717) is 0 Å². The zero-order valence-electron chi connectivity index (χ0n) is 9.77. The molecule has 0 radical (unpaired) electrons. The lowest BCUT2D eigenvalue weighted by Gasteiger charge is -2.26. The molecule has 0 saturated carbocycles. The highest BCUT2D eigenvalue weighted by atomic mass is 32.1. The summed E-state index contributed by atoms with van der Waals surface area (Å²) in [5, 5.41) is 13.3. The van der Waals surface area contributed by atoms with Gasteiger partial charge in [0, 0.05) is 31.7 Å². The number of aromatic nitrogens is 2. The molecule has 1 aliphatic rings. The summed E-state index contributed by atoms with van der Waals surface area (Å²) < 4.78 is 13.2. The van der Waals surface area contributed by atoms with Gasteiger partial charge < -0.3 is 10.2 Å². The molecule has 2 heterocycles. The third-order valence-electron chi connectivity index (χ3n) is 2.87. The minimum atomic E-state index is -0.244. The Morgan fingerprint density at radius 2 is 2.06 bits per heavy atom. The van der Waals surface area contributed by atoms with Crippen LogP contribution in [0.1, 0.15) is 0 Å². The van der Waals surface area contributed by atoms with E-state index in [-0.39, 0.29) is 5.82 Å². The lowest BCUT2D eigenvalue weighted by atomic mass is 10.2. The second-order valence-electron chi connectivity index (χ2n) is 4.14. The van der Waals surface area contributed by atoms with Gasteiger partial charge in [0.25, 0.3) is 0 Å². The molecule has 1 N–H and O–H groups in total. The SMILES string of the molecule is Fc1cccc(-c2nnc(N3CCNCC3)s2)c1. The first-order chi connectivity index (χ1) is 8.83. The van der Waals surface area contributed by atoms with Crippen LogP contribution in [0.25, 0.3) is 10.6 Å². The molecule has 6 heteroatoms. The number of piperazine rings is 1. The molecule has 1 aromatic heterocycles. The fourth-order valence-corrected chi connectivity index (χ4v) is 2.83. The van der Waals surface area contributed by atoms with E-state index in [1.54, 1.807) is 6.07 Å². The smallest absolute Gasteiger partial charge is 0.208 e. The maximum atomic E-state index is 13.2. The largest absolute Gasteiger partial charge is 0.344 e. The number of hydrogen-bond donors (Lipinski definition) is 1. The summed E-state index contributed by atoms with van der Waals surface area (Å²) in [5.41, 5.74) is 0.786. The van der Waals surface area contributed by atoms with E-state index in [1.807, 2.05) is 6.07 Å². The summed E-state index contributed by atoms with van der Waals surface area (Å²) in [6.45, 7) is 3.82. The molecule has 18 heavy (non-hydrogen) atoms. The first-order valence-electron chi connectivity index (χ1n) is 5.88. The zero-order valence-corrected chi connectivity index (χ0v) is 10.6. The first kappa shape index (κ1) is 11.6. The molecule has 0 bridgehead atoms. The van der Waals surface area contributed by atoms with Crippen LogP contribution in [0, 0.1) is 5.82 Å². The molecule has 0 amide bonds. The topological polar surface area (TPSA) is 41.1 Å². The van der Waals surface area contributed by atoms with Crippen LogP contribution in [-0.2, 0) is 0 Å². The van der Waals surface area contributed by atoms with E-state index in [9.17, 15) is 4.39 Å². The van der Waals surface area contributed by atoms with E-state index < -0.39 is 0 Å². The van der Waals surface area contributed by atoms with Crippen molar-refractivity contribution in [2.75, 3.05) is 31.1 Å². The monoisotopic (exact) mass is 264 g/mol. The van der Waals surface area contributed by atoms with Gasteiger partial charge in [0.1, 0.15) is 10.8 Å². The van der Waals surface area contributed by atoms with Crippen molar-refractivity contribution >= 4 is 16.5 Å². The van der Waals surface area contributed by atoms with E-state index in [0.717, 1.165) is 41.9 Å². The fraction of sp³-hybridized carbons (Fsp3) is 0.333. The minimum Gasteiger partial charge on any atom is -0.344 e. The van der Waals surface area contributed by atoms with Crippen molar-refractivity contribution in [2.24, 2.45) is 0 Å². The molecular weight excluding hydrogens is 251 g/mol. The number of rotatable bonds is 2. The third-order valence-corrected chi connectivity index (χ3v) is 3.91. The maximum absolute atomic E-state index is 13.2. The van der Waals surface area contributed by atoms with Crippen LogP contribution in [0.5, 0.6) is 0 Å². The molecule has 0 aliphatic carbocycles. The summed E-state index contributed by atoms with van der Waals surface area (Å²) in [5.74, 6) is -0.244. The summed E-state index contributed by atoms with van der Waals surface area (Å²) in [4.78, 5) is 2.21. The second-order valence-corrected chi connectivity index (χ2v) is 5.09. The number of anilines is 1. The highest BCUT2D eigenvalue weighted by Gasteiger charge is 2.15. The van der Waals surface area contributed by atoms with E-state index in [4.69, 9.17) is 0 Å². The lowest BCUT2D eigenvalue weighted by molar-refractivity contribution is 0.587. The summed E-state index contributed by atoms with van der Waals surface area (Å²) >= 11 is 1.51. The molecule has 94 valence electrons. The predicted molar refractivity (Wildman–Crippen MR) is 70.4 cm³/mol. The molecule has 1 fully saturated rings. The summed E-state index contributed by atoms with van der Waals surface area (Å²) in [6.07, 6.45) is 0. The molecule has 0 unspecified atom stereocenters. The minimum absolute atomic E-state index is 0.244. The average molecular weight is 264 g/mol. The first-order valence-corrected chi connectivity index (χ1v) is 6.70. The van der Waals surface area contributed by atoms with Crippen LogP contribution in [0.2, 0.25) is 0 Å². The van der Waals surface area contributed by atoms with Gasteiger partial charge in [-0.15, -0.1) is 10.2 Å². The zero-order chi connectivity index (χ0) is 12.4. The summed E-state index contributed by atoms with van der Waals surface area (Å²) in [6, 6.07) is 6.46. The van der Waals surface area contributed by atoms with Crippen molar-refractivity contribution in [3.05, 3.63) is 30.1 Å². The molecule has 1 saturated heterocycles. The molecule has 1 aliphatic heterocycles. The van der Waals surface area contributed by atoms with Crippen LogP contribution >= 0.6 is 11.3 Å². The van der Waals surface area contributed by atoms with Crippen LogP contribution < -0.4 is 10.2 Å². The Bertz CT molecular complexity index is 536. The Balaban J connectivity index is 1.84. The third kappa shape index (κ3) is 2.34. The Kier molecular flexibility index (Phi) is 3.21. The van der Waals surface area contributed by atoms with Crippen LogP contribution in [0.3, 0.4) is 0 Å². The van der Waals surface area contributed by atoms with Crippen molar-refractivity contribution in [1.82, 2.24) is 15.5 Å². The normalized spacial score (nSPS) is 15.9. The van der Waals surface area contributed by atoms with Crippen LogP contribution in [0.15, 0.2) is 24.3 Å². The predicted octanol–water partition coefficient (Wildman–Crippen LogP) is 1.75. The number of hydrogen-bond acceptors (Lipinski definition) is 5. The number of benzene rings is 1. The highest BCUT2D eigenvalue weighted by molar-refractivity contribution is 7.18. The number of nitrogens with one attached hydrogen (secondary N) is 1. The quantitative estimate of drug-likeness (QED) is 0.897. The molecular formula is C12H13FN4S. The standard InChI is InChI=1S/C12H13FN4S/c13-10-3-1-2-9(8-10)11-15-16-12(18-11)17-6-4-14-5-7-17/h1-3,8,14H,4-7H2. The molecule has 0 atom stereocenters. The van der Waals surface area contributed by atoms with E-state index >= 15 is 0 Å². The van der Waals surface area contributed by atoms with Gasteiger partial charge in [0.2, 0.25) is 5.13 Å². The Hall–Kier alpha value is -1.53. The van der Waals surface area contributed by atoms with Crippen molar-refractivity contribution in [3.63, 3.8) is 0 Å². The summed E-state index contributed by atoms with van der Waals surface area (Å²) in [7, 11) is 0. The Morgan fingerprint density at radius 3 is 2.83 bits per heavy atom.